The Morgan fingerprint density at radius 1 is 1.00 bits per heavy atom. The molecule has 1 N–H and O–H groups in total. The SMILES string of the molecule is CCn1c2ccccc2c2cc(C[NH+]3CCOCC3)ccc21. The Morgan fingerprint density at radius 2 is 1.77 bits per heavy atom. The first-order valence-corrected chi connectivity index (χ1v) is 8.28. The fourth-order valence-electron chi connectivity index (χ4n) is 3.68. The smallest absolute Gasteiger partial charge is 0.103 e. The molecule has 0 bridgehead atoms. The lowest BCUT2D eigenvalue weighted by atomic mass is 10.1. The van der Waals surface area contributed by atoms with Crippen LogP contribution < -0.4 is 4.90 Å². The summed E-state index contributed by atoms with van der Waals surface area (Å²) in [7, 11) is 0. The summed E-state index contributed by atoms with van der Waals surface area (Å²) in [5.74, 6) is 0. The van der Waals surface area contributed by atoms with E-state index in [9.17, 15) is 0 Å². The van der Waals surface area contributed by atoms with Crippen molar-refractivity contribution in [1.82, 2.24) is 4.57 Å². The molecule has 0 radical (unpaired) electrons. The number of aromatic nitrogens is 1. The second kappa shape index (κ2) is 5.75. The van der Waals surface area contributed by atoms with Gasteiger partial charge in [0.05, 0.1) is 13.2 Å². The Balaban J connectivity index is 1.78. The van der Waals surface area contributed by atoms with E-state index in [2.05, 4.69) is 54.0 Å². The van der Waals surface area contributed by atoms with E-state index >= 15 is 0 Å². The van der Waals surface area contributed by atoms with Gasteiger partial charge in [0.15, 0.2) is 0 Å². The third-order valence-corrected chi connectivity index (χ3v) is 4.81. The molecule has 0 unspecified atom stereocenters. The molecular formula is C19H23N2O+. The van der Waals surface area contributed by atoms with E-state index in [1.807, 2.05) is 0 Å². The van der Waals surface area contributed by atoms with E-state index in [0.29, 0.717) is 0 Å². The number of hydrogen-bond acceptors (Lipinski definition) is 1. The standard InChI is InChI=1S/C19H22N2O/c1-2-21-18-6-4-3-5-16(18)17-13-15(7-8-19(17)21)14-20-9-11-22-12-10-20/h3-8,13H,2,9-12,14H2,1H3/p+1. The molecule has 3 aromatic rings. The molecule has 1 aromatic heterocycles. The number of para-hydroxylation sites is 1. The first kappa shape index (κ1) is 13.8. The van der Waals surface area contributed by atoms with Crippen LogP contribution in [0.1, 0.15) is 12.5 Å². The van der Waals surface area contributed by atoms with Gasteiger partial charge in [0.25, 0.3) is 0 Å². The molecule has 0 aliphatic carbocycles. The highest BCUT2D eigenvalue weighted by molar-refractivity contribution is 6.08. The van der Waals surface area contributed by atoms with Crippen LogP contribution in [-0.2, 0) is 17.8 Å². The van der Waals surface area contributed by atoms with Crippen LogP contribution in [0, 0.1) is 0 Å². The number of morpholine rings is 1. The van der Waals surface area contributed by atoms with Crippen LogP contribution in [0.15, 0.2) is 42.5 Å². The van der Waals surface area contributed by atoms with Crippen molar-refractivity contribution in [1.29, 1.82) is 0 Å². The topological polar surface area (TPSA) is 18.6 Å². The predicted octanol–water partition coefficient (Wildman–Crippen LogP) is 2.23. The Bertz CT molecular complexity index is 800. The molecule has 0 atom stereocenters. The molecule has 22 heavy (non-hydrogen) atoms. The minimum Gasteiger partial charge on any atom is -0.370 e. The molecule has 0 spiro atoms. The van der Waals surface area contributed by atoms with Gasteiger partial charge in [0.2, 0.25) is 0 Å². The van der Waals surface area contributed by atoms with Crippen molar-refractivity contribution in [2.24, 2.45) is 0 Å². The summed E-state index contributed by atoms with van der Waals surface area (Å²) < 4.78 is 7.87. The lowest BCUT2D eigenvalue weighted by Crippen LogP contribution is -3.12. The molecule has 1 fully saturated rings. The maximum atomic E-state index is 5.46. The van der Waals surface area contributed by atoms with Crippen molar-refractivity contribution in [3.05, 3.63) is 48.0 Å². The van der Waals surface area contributed by atoms with E-state index in [4.69, 9.17) is 4.74 Å². The Hall–Kier alpha value is -1.84. The number of fused-ring (bicyclic) bond motifs is 3. The molecule has 1 saturated heterocycles. The predicted molar refractivity (Wildman–Crippen MR) is 90.3 cm³/mol. The molecule has 2 aromatic carbocycles. The van der Waals surface area contributed by atoms with Crippen LogP contribution in [0.5, 0.6) is 0 Å². The summed E-state index contributed by atoms with van der Waals surface area (Å²) >= 11 is 0. The van der Waals surface area contributed by atoms with Gasteiger partial charge < -0.3 is 14.2 Å². The number of ether oxygens (including phenoxy) is 1. The van der Waals surface area contributed by atoms with Crippen LogP contribution >= 0.6 is 0 Å². The van der Waals surface area contributed by atoms with Gasteiger partial charge in [-0.15, -0.1) is 0 Å². The molecule has 3 heteroatoms. The highest BCUT2D eigenvalue weighted by atomic mass is 16.5. The molecule has 114 valence electrons. The Morgan fingerprint density at radius 3 is 2.59 bits per heavy atom. The summed E-state index contributed by atoms with van der Waals surface area (Å²) in [6.07, 6.45) is 0. The van der Waals surface area contributed by atoms with Crippen LogP contribution in [0.3, 0.4) is 0 Å². The molecule has 4 rings (SSSR count). The summed E-state index contributed by atoms with van der Waals surface area (Å²) in [6.45, 7) is 8.36. The van der Waals surface area contributed by atoms with Crippen molar-refractivity contribution in [2.75, 3.05) is 26.3 Å². The van der Waals surface area contributed by atoms with Crippen molar-refractivity contribution in [2.45, 2.75) is 20.0 Å². The zero-order valence-electron chi connectivity index (χ0n) is 13.1. The first-order chi connectivity index (χ1) is 10.9. The summed E-state index contributed by atoms with van der Waals surface area (Å²) in [6, 6.07) is 15.7. The summed E-state index contributed by atoms with van der Waals surface area (Å²) in [4.78, 5) is 1.63. The van der Waals surface area contributed by atoms with E-state index in [1.165, 1.54) is 27.4 Å². The fourth-order valence-corrected chi connectivity index (χ4v) is 3.68. The molecule has 3 nitrogen and oxygen atoms in total. The molecule has 2 heterocycles. The quantitative estimate of drug-likeness (QED) is 0.785. The van der Waals surface area contributed by atoms with E-state index in [0.717, 1.165) is 39.4 Å². The van der Waals surface area contributed by atoms with Crippen LogP contribution in [0.2, 0.25) is 0 Å². The van der Waals surface area contributed by atoms with Gasteiger partial charge in [-0.2, -0.15) is 0 Å². The van der Waals surface area contributed by atoms with Crippen LogP contribution in [0.4, 0.5) is 0 Å². The minimum absolute atomic E-state index is 0.896. The van der Waals surface area contributed by atoms with Crippen LogP contribution in [-0.4, -0.2) is 30.9 Å². The zero-order valence-corrected chi connectivity index (χ0v) is 13.1. The molecular weight excluding hydrogens is 272 g/mol. The minimum atomic E-state index is 0.896. The third kappa shape index (κ3) is 2.31. The van der Waals surface area contributed by atoms with Gasteiger partial charge >= 0.3 is 0 Å². The Kier molecular flexibility index (Phi) is 3.60. The fraction of sp³-hybridized carbons (Fsp3) is 0.368. The molecule has 1 aliphatic heterocycles. The Labute approximate surface area is 131 Å². The lowest BCUT2D eigenvalue weighted by molar-refractivity contribution is -0.921. The molecule has 0 saturated carbocycles. The summed E-state index contributed by atoms with van der Waals surface area (Å²) in [5, 5.41) is 2.76. The number of nitrogens with zero attached hydrogens (tertiary/aromatic N) is 1. The number of benzene rings is 2. The van der Waals surface area contributed by atoms with Crippen LogP contribution in [0.25, 0.3) is 21.8 Å². The highest BCUT2D eigenvalue weighted by Crippen LogP contribution is 2.29. The highest BCUT2D eigenvalue weighted by Gasteiger charge is 2.15. The van der Waals surface area contributed by atoms with Gasteiger partial charge in [0, 0.05) is 33.9 Å². The third-order valence-electron chi connectivity index (χ3n) is 4.81. The van der Waals surface area contributed by atoms with E-state index < -0.39 is 0 Å². The average Bonchev–Trinajstić information content (AvgIpc) is 2.89. The largest absolute Gasteiger partial charge is 0.370 e. The van der Waals surface area contributed by atoms with Gasteiger partial charge in [0.1, 0.15) is 19.6 Å². The second-order valence-corrected chi connectivity index (χ2v) is 6.15. The van der Waals surface area contributed by atoms with Gasteiger partial charge in [-0.3, -0.25) is 0 Å². The van der Waals surface area contributed by atoms with Gasteiger partial charge in [-0.05, 0) is 25.1 Å². The monoisotopic (exact) mass is 295 g/mol. The maximum absolute atomic E-state index is 5.46. The van der Waals surface area contributed by atoms with Crippen molar-refractivity contribution >= 4 is 21.8 Å². The number of nitrogens with one attached hydrogen (secondary N) is 1. The number of aryl methyl sites for hydroxylation is 1. The van der Waals surface area contributed by atoms with Crippen molar-refractivity contribution < 1.29 is 9.64 Å². The lowest BCUT2D eigenvalue weighted by Gasteiger charge is -2.23. The number of hydrogen-bond donors (Lipinski definition) is 1. The van der Waals surface area contributed by atoms with Crippen molar-refractivity contribution in [3.63, 3.8) is 0 Å². The number of quaternary nitrogens is 1. The maximum Gasteiger partial charge on any atom is 0.103 e. The zero-order chi connectivity index (χ0) is 14.9. The number of rotatable bonds is 3. The summed E-state index contributed by atoms with van der Waals surface area (Å²) in [5.41, 5.74) is 4.13. The van der Waals surface area contributed by atoms with Gasteiger partial charge in [-0.1, -0.05) is 24.3 Å². The van der Waals surface area contributed by atoms with E-state index in [1.54, 1.807) is 4.90 Å². The molecule has 1 aliphatic rings. The molecule has 0 amide bonds. The second-order valence-electron chi connectivity index (χ2n) is 6.15. The van der Waals surface area contributed by atoms with Gasteiger partial charge in [-0.25, -0.2) is 0 Å². The normalized spacial score (nSPS) is 16.6. The van der Waals surface area contributed by atoms with E-state index in [-0.39, 0.29) is 0 Å². The average molecular weight is 295 g/mol. The van der Waals surface area contributed by atoms with Crippen molar-refractivity contribution in [3.8, 4) is 0 Å². The first-order valence-electron chi connectivity index (χ1n) is 8.28.